The molecule has 162 valence electrons. The Morgan fingerprint density at radius 3 is 2.52 bits per heavy atom. The molecule has 1 N–H and O–H groups in total. The van der Waals surface area contributed by atoms with Gasteiger partial charge in [-0.2, -0.15) is 4.98 Å². The van der Waals surface area contributed by atoms with E-state index in [-0.39, 0.29) is 0 Å². The Hall–Kier alpha value is -3.26. The topological polar surface area (TPSA) is 69.4 Å². The predicted octanol–water partition coefficient (Wildman–Crippen LogP) is 4.32. The number of aryl methyl sites for hydroxylation is 1. The average Bonchev–Trinajstić information content (AvgIpc) is 3.41. The van der Waals surface area contributed by atoms with Crippen molar-refractivity contribution < 1.29 is 23.4 Å². The van der Waals surface area contributed by atoms with E-state index in [1.165, 1.54) is 14.2 Å². The summed E-state index contributed by atoms with van der Waals surface area (Å²) < 4.78 is 41.6. The van der Waals surface area contributed by atoms with Crippen LogP contribution in [0, 0.1) is 11.6 Å². The van der Waals surface area contributed by atoms with E-state index in [1.807, 2.05) is 24.5 Å². The van der Waals surface area contributed by atoms with Gasteiger partial charge in [-0.15, -0.1) is 0 Å². The van der Waals surface area contributed by atoms with Gasteiger partial charge in [0.2, 0.25) is 0 Å². The minimum absolute atomic E-state index is 0.380. The summed E-state index contributed by atoms with van der Waals surface area (Å²) in [6.45, 7) is 3.02. The molecule has 0 amide bonds. The van der Waals surface area contributed by atoms with Gasteiger partial charge in [-0.05, 0) is 24.1 Å². The Labute approximate surface area is 178 Å². The van der Waals surface area contributed by atoms with Crippen LogP contribution in [0.25, 0.3) is 16.7 Å². The van der Waals surface area contributed by atoms with Crippen molar-refractivity contribution in [3.8, 4) is 22.9 Å². The van der Waals surface area contributed by atoms with Crippen LogP contribution in [0.5, 0.6) is 11.8 Å². The van der Waals surface area contributed by atoms with Crippen molar-refractivity contribution in [3.63, 3.8) is 0 Å². The molecular weight excluding hydrogens is 404 g/mol. The van der Waals surface area contributed by atoms with E-state index >= 15 is 0 Å². The van der Waals surface area contributed by atoms with Crippen molar-refractivity contribution in [3.05, 3.63) is 65.3 Å². The van der Waals surface area contributed by atoms with Crippen molar-refractivity contribution in [2.24, 2.45) is 0 Å². The summed E-state index contributed by atoms with van der Waals surface area (Å²) in [5.41, 5.74) is 3.04. The standard InChI is InChI=1S/C23H23F2N3O3/c1-4-8-28-9-7-13(12-28)14-10-16-15(5-6-17(16)26-11-14)21(29)18-19(24)22(30-2)27-23(31-3)20(18)25/h5,7,9-12,21,29H,4,6,8H2,1-3H3. The molecule has 6 nitrogen and oxygen atoms in total. The van der Waals surface area contributed by atoms with Gasteiger partial charge in [0.05, 0.1) is 25.5 Å². The lowest BCUT2D eigenvalue weighted by Crippen LogP contribution is -2.11. The minimum atomic E-state index is -1.58. The molecule has 0 bridgehead atoms. The highest BCUT2D eigenvalue weighted by Crippen LogP contribution is 2.42. The SMILES string of the molecule is CCCn1ccc(-c2cnc3c(c2)C(C(O)c2c(F)c(OC)nc(OC)c2F)=CC3)c1. The highest BCUT2D eigenvalue weighted by molar-refractivity contribution is 5.79. The van der Waals surface area contributed by atoms with Gasteiger partial charge in [-0.25, -0.2) is 8.78 Å². The van der Waals surface area contributed by atoms with Gasteiger partial charge in [0.1, 0.15) is 6.10 Å². The van der Waals surface area contributed by atoms with Crippen LogP contribution in [0.4, 0.5) is 8.78 Å². The molecular formula is C23H23F2N3O3. The van der Waals surface area contributed by atoms with Crippen LogP contribution in [0.15, 0.2) is 36.8 Å². The van der Waals surface area contributed by atoms with E-state index in [0.29, 0.717) is 17.6 Å². The molecule has 0 radical (unpaired) electrons. The summed E-state index contributed by atoms with van der Waals surface area (Å²) >= 11 is 0. The maximum atomic E-state index is 14.9. The maximum absolute atomic E-state index is 14.9. The van der Waals surface area contributed by atoms with Gasteiger partial charge in [0.25, 0.3) is 11.8 Å². The normalized spacial score (nSPS) is 13.7. The molecule has 0 aliphatic heterocycles. The van der Waals surface area contributed by atoms with Crippen LogP contribution in [0.2, 0.25) is 0 Å². The second-order valence-electron chi connectivity index (χ2n) is 7.29. The zero-order valence-electron chi connectivity index (χ0n) is 17.5. The number of aliphatic hydroxyl groups is 1. The van der Waals surface area contributed by atoms with Crippen LogP contribution in [-0.2, 0) is 13.0 Å². The molecule has 4 rings (SSSR count). The van der Waals surface area contributed by atoms with E-state index in [4.69, 9.17) is 9.47 Å². The summed E-state index contributed by atoms with van der Waals surface area (Å²) in [6, 6.07) is 3.88. The van der Waals surface area contributed by atoms with Crippen molar-refractivity contribution in [2.75, 3.05) is 14.2 Å². The number of fused-ring (bicyclic) bond motifs is 1. The van der Waals surface area contributed by atoms with E-state index in [0.717, 1.165) is 29.8 Å². The second kappa shape index (κ2) is 8.47. The number of methoxy groups -OCH3 is 2. The lowest BCUT2D eigenvalue weighted by Gasteiger charge is -2.18. The first-order valence-corrected chi connectivity index (χ1v) is 9.98. The average molecular weight is 427 g/mol. The molecule has 8 heteroatoms. The monoisotopic (exact) mass is 427 g/mol. The second-order valence-corrected chi connectivity index (χ2v) is 7.29. The minimum Gasteiger partial charge on any atom is -0.479 e. The van der Waals surface area contributed by atoms with E-state index in [2.05, 4.69) is 21.5 Å². The molecule has 0 saturated heterocycles. The number of hydrogen-bond donors (Lipinski definition) is 1. The molecule has 0 fully saturated rings. The highest BCUT2D eigenvalue weighted by atomic mass is 19.1. The third-order valence-corrected chi connectivity index (χ3v) is 5.37. The summed E-state index contributed by atoms with van der Waals surface area (Å²) in [7, 11) is 2.42. The summed E-state index contributed by atoms with van der Waals surface area (Å²) in [4.78, 5) is 8.16. The summed E-state index contributed by atoms with van der Waals surface area (Å²) in [6.07, 6.45) is 7.43. The first-order valence-electron chi connectivity index (χ1n) is 9.98. The quantitative estimate of drug-likeness (QED) is 0.608. The lowest BCUT2D eigenvalue weighted by atomic mass is 9.96. The van der Waals surface area contributed by atoms with Crippen molar-refractivity contribution >= 4 is 5.57 Å². The maximum Gasteiger partial charge on any atom is 0.254 e. The van der Waals surface area contributed by atoms with Gasteiger partial charge < -0.3 is 19.1 Å². The number of pyridine rings is 2. The molecule has 0 spiro atoms. The number of aromatic nitrogens is 3. The first-order chi connectivity index (χ1) is 15.0. The Morgan fingerprint density at radius 1 is 1.16 bits per heavy atom. The Kier molecular flexibility index (Phi) is 5.73. The zero-order valence-corrected chi connectivity index (χ0v) is 17.5. The number of nitrogens with zero attached hydrogens (tertiary/aromatic N) is 3. The summed E-state index contributed by atoms with van der Waals surface area (Å²) in [5, 5.41) is 11.0. The van der Waals surface area contributed by atoms with Crippen molar-refractivity contribution in [1.82, 2.24) is 14.5 Å². The zero-order chi connectivity index (χ0) is 22.1. The summed E-state index contributed by atoms with van der Waals surface area (Å²) in [5.74, 6) is -3.03. The fourth-order valence-corrected chi connectivity index (χ4v) is 3.83. The third kappa shape index (κ3) is 3.67. The number of aliphatic hydroxyl groups excluding tert-OH is 1. The van der Waals surface area contributed by atoms with Gasteiger partial charge >= 0.3 is 0 Å². The Balaban J connectivity index is 1.74. The highest BCUT2D eigenvalue weighted by Gasteiger charge is 2.32. The number of hydrogen-bond acceptors (Lipinski definition) is 5. The van der Waals surface area contributed by atoms with Crippen molar-refractivity contribution in [2.45, 2.75) is 32.4 Å². The Morgan fingerprint density at radius 2 is 1.87 bits per heavy atom. The number of halogens is 2. The molecule has 0 saturated carbocycles. The molecule has 1 atom stereocenters. The van der Waals surface area contributed by atoms with E-state index in [9.17, 15) is 13.9 Å². The van der Waals surface area contributed by atoms with Crippen LogP contribution >= 0.6 is 0 Å². The predicted molar refractivity (Wildman–Crippen MR) is 112 cm³/mol. The number of allylic oxidation sites excluding steroid dienone is 1. The van der Waals surface area contributed by atoms with Crippen LogP contribution in [0.3, 0.4) is 0 Å². The molecule has 1 unspecified atom stereocenters. The molecule has 3 aromatic heterocycles. The fraction of sp³-hybridized carbons (Fsp3) is 0.304. The lowest BCUT2D eigenvalue weighted by molar-refractivity contribution is 0.219. The van der Waals surface area contributed by atoms with Gasteiger partial charge in [0.15, 0.2) is 11.6 Å². The molecule has 31 heavy (non-hydrogen) atoms. The van der Waals surface area contributed by atoms with Gasteiger partial charge in [-0.3, -0.25) is 4.98 Å². The van der Waals surface area contributed by atoms with Crippen molar-refractivity contribution in [1.29, 1.82) is 0 Å². The van der Waals surface area contributed by atoms with E-state index < -0.39 is 35.1 Å². The Bertz CT molecular complexity index is 1130. The largest absolute Gasteiger partial charge is 0.479 e. The molecule has 1 aliphatic carbocycles. The molecule has 0 aromatic carbocycles. The van der Waals surface area contributed by atoms with Crippen LogP contribution in [-0.4, -0.2) is 33.9 Å². The fourth-order valence-electron chi connectivity index (χ4n) is 3.83. The van der Waals surface area contributed by atoms with Gasteiger partial charge in [-0.1, -0.05) is 13.0 Å². The molecule has 3 aromatic rings. The van der Waals surface area contributed by atoms with Crippen LogP contribution in [0.1, 0.15) is 36.3 Å². The third-order valence-electron chi connectivity index (χ3n) is 5.37. The number of ether oxygens (including phenoxy) is 2. The molecule has 3 heterocycles. The van der Waals surface area contributed by atoms with Crippen LogP contribution < -0.4 is 9.47 Å². The molecule has 1 aliphatic rings. The van der Waals surface area contributed by atoms with Gasteiger partial charge in [0, 0.05) is 48.2 Å². The first kappa shape index (κ1) is 21.0. The number of rotatable bonds is 7. The smallest absolute Gasteiger partial charge is 0.254 e. The van der Waals surface area contributed by atoms with E-state index in [1.54, 1.807) is 12.3 Å².